The van der Waals surface area contributed by atoms with Gasteiger partial charge in [0, 0.05) is 24.4 Å². The molecule has 2 heterocycles. The number of thiazole rings is 1. The molecule has 0 saturated carbocycles. The molecule has 7 heteroatoms. The summed E-state index contributed by atoms with van der Waals surface area (Å²) in [6.45, 7) is 3.06. The SMILES string of the molecule is Cc1nc(CNC(=O)N2CCCCC2CCC(=O)O)cs1. The number of nitrogens with one attached hydrogen (secondary N) is 1. The molecule has 1 saturated heterocycles. The second-order valence-electron chi connectivity index (χ2n) is 5.29. The van der Waals surface area contributed by atoms with Crippen molar-refractivity contribution in [1.29, 1.82) is 0 Å². The molecule has 2 N–H and O–H groups in total. The highest BCUT2D eigenvalue weighted by Gasteiger charge is 2.26. The van der Waals surface area contributed by atoms with Crippen LogP contribution in [0.15, 0.2) is 5.38 Å². The molecule has 0 aromatic carbocycles. The predicted molar refractivity (Wildman–Crippen MR) is 80.3 cm³/mol. The van der Waals surface area contributed by atoms with Crippen LogP contribution in [0.5, 0.6) is 0 Å². The van der Waals surface area contributed by atoms with Gasteiger partial charge in [-0.25, -0.2) is 9.78 Å². The van der Waals surface area contributed by atoms with Gasteiger partial charge >= 0.3 is 12.0 Å². The molecule has 116 valence electrons. The fourth-order valence-corrected chi connectivity index (χ4v) is 3.23. The van der Waals surface area contributed by atoms with E-state index in [9.17, 15) is 9.59 Å². The quantitative estimate of drug-likeness (QED) is 0.874. The normalized spacial score (nSPS) is 18.5. The standard InChI is InChI=1S/C14H21N3O3S/c1-10-16-11(9-21-10)8-15-14(20)17-7-3-2-4-12(17)5-6-13(18)19/h9,12H,2-8H2,1H3,(H,15,20)(H,18,19). The van der Waals surface area contributed by atoms with Gasteiger partial charge in [0.2, 0.25) is 0 Å². The molecular weight excluding hydrogens is 290 g/mol. The minimum absolute atomic E-state index is 0.0343. The van der Waals surface area contributed by atoms with Crippen LogP contribution < -0.4 is 5.32 Å². The van der Waals surface area contributed by atoms with Crippen molar-refractivity contribution < 1.29 is 14.7 Å². The summed E-state index contributed by atoms with van der Waals surface area (Å²) in [6, 6.07) is -0.0808. The molecule has 1 aromatic rings. The number of hydrogen-bond donors (Lipinski definition) is 2. The molecule has 0 bridgehead atoms. The summed E-state index contributed by atoms with van der Waals surface area (Å²) in [4.78, 5) is 29.1. The van der Waals surface area contributed by atoms with Crippen LogP contribution in [-0.2, 0) is 11.3 Å². The summed E-state index contributed by atoms with van der Waals surface area (Å²) in [5.41, 5.74) is 0.866. The average molecular weight is 311 g/mol. The molecule has 2 amide bonds. The highest BCUT2D eigenvalue weighted by Crippen LogP contribution is 2.21. The van der Waals surface area contributed by atoms with Crippen molar-refractivity contribution in [3.8, 4) is 0 Å². The molecule has 0 radical (unpaired) electrons. The van der Waals surface area contributed by atoms with Crippen LogP contribution in [0.2, 0.25) is 0 Å². The first-order valence-corrected chi connectivity index (χ1v) is 8.11. The zero-order valence-electron chi connectivity index (χ0n) is 12.2. The summed E-state index contributed by atoms with van der Waals surface area (Å²) in [6.07, 6.45) is 3.56. The fraction of sp³-hybridized carbons (Fsp3) is 0.643. The van der Waals surface area contributed by atoms with Gasteiger partial charge in [0.1, 0.15) is 0 Å². The fourth-order valence-electron chi connectivity index (χ4n) is 2.62. The predicted octanol–water partition coefficient (Wildman–Crippen LogP) is 2.38. The van der Waals surface area contributed by atoms with E-state index in [0.29, 0.717) is 19.5 Å². The Hall–Kier alpha value is -1.63. The van der Waals surface area contributed by atoms with Gasteiger partial charge in [-0.05, 0) is 32.6 Å². The Labute approximate surface area is 128 Å². The number of carboxylic acids is 1. The Morgan fingerprint density at radius 2 is 2.33 bits per heavy atom. The minimum atomic E-state index is -0.807. The molecule has 21 heavy (non-hydrogen) atoms. The van der Waals surface area contributed by atoms with E-state index < -0.39 is 5.97 Å². The second-order valence-corrected chi connectivity index (χ2v) is 6.35. The van der Waals surface area contributed by atoms with Gasteiger partial charge in [0.25, 0.3) is 0 Å². The molecule has 1 aromatic heterocycles. The van der Waals surface area contributed by atoms with Crippen LogP contribution >= 0.6 is 11.3 Å². The number of aliphatic carboxylic acids is 1. The maximum absolute atomic E-state index is 12.3. The molecular formula is C14H21N3O3S. The Bertz CT molecular complexity index is 503. The highest BCUT2D eigenvalue weighted by atomic mass is 32.1. The number of urea groups is 1. The molecule has 1 aliphatic heterocycles. The van der Waals surface area contributed by atoms with Crippen molar-refractivity contribution in [2.75, 3.05) is 6.54 Å². The maximum Gasteiger partial charge on any atom is 0.317 e. The average Bonchev–Trinajstić information content (AvgIpc) is 2.88. The maximum atomic E-state index is 12.3. The number of rotatable bonds is 5. The number of carbonyl (C=O) groups is 2. The summed E-state index contributed by atoms with van der Waals surface area (Å²) in [7, 11) is 0. The van der Waals surface area contributed by atoms with Crippen molar-refractivity contribution in [3.05, 3.63) is 16.1 Å². The first-order valence-electron chi connectivity index (χ1n) is 7.23. The lowest BCUT2D eigenvalue weighted by atomic mass is 9.98. The molecule has 1 aliphatic rings. The van der Waals surface area contributed by atoms with E-state index in [1.807, 2.05) is 12.3 Å². The third kappa shape index (κ3) is 4.70. The molecule has 0 aliphatic carbocycles. The van der Waals surface area contributed by atoms with Gasteiger partial charge in [-0.15, -0.1) is 11.3 Å². The van der Waals surface area contributed by atoms with Gasteiger partial charge in [-0.2, -0.15) is 0 Å². The monoisotopic (exact) mass is 311 g/mol. The second kappa shape index (κ2) is 7.40. The third-order valence-corrected chi connectivity index (χ3v) is 4.49. The van der Waals surface area contributed by atoms with Crippen molar-refractivity contribution in [1.82, 2.24) is 15.2 Å². The van der Waals surface area contributed by atoms with E-state index in [1.165, 1.54) is 0 Å². The number of aromatic nitrogens is 1. The molecule has 0 spiro atoms. The van der Waals surface area contributed by atoms with E-state index >= 15 is 0 Å². The number of hydrogen-bond acceptors (Lipinski definition) is 4. The van der Waals surface area contributed by atoms with Crippen LogP contribution in [0.1, 0.15) is 42.8 Å². The van der Waals surface area contributed by atoms with Crippen molar-refractivity contribution in [2.24, 2.45) is 0 Å². The number of carboxylic acid groups (broad SMARTS) is 1. The first kappa shape index (κ1) is 15.8. The van der Waals surface area contributed by atoms with E-state index in [2.05, 4.69) is 10.3 Å². The van der Waals surface area contributed by atoms with Crippen LogP contribution in [0.25, 0.3) is 0 Å². The lowest BCUT2D eigenvalue weighted by molar-refractivity contribution is -0.137. The van der Waals surface area contributed by atoms with E-state index in [4.69, 9.17) is 5.11 Å². The van der Waals surface area contributed by atoms with E-state index in [0.717, 1.165) is 30.0 Å². The van der Waals surface area contributed by atoms with Gasteiger partial charge in [-0.1, -0.05) is 0 Å². The van der Waals surface area contributed by atoms with Crippen LogP contribution in [-0.4, -0.2) is 39.6 Å². The number of aryl methyl sites for hydroxylation is 1. The third-order valence-electron chi connectivity index (χ3n) is 3.67. The number of likely N-dealkylation sites (tertiary alicyclic amines) is 1. The summed E-state index contributed by atoms with van der Waals surface area (Å²) < 4.78 is 0. The van der Waals surface area contributed by atoms with Crippen LogP contribution in [0.4, 0.5) is 4.79 Å². The van der Waals surface area contributed by atoms with Crippen molar-refractivity contribution >= 4 is 23.3 Å². The Kier molecular flexibility index (Phi) is 5.55. The van der Waals surface area contributed by atoms with Crippen LogP contribution in [0, 0.1) is 6.92 Å². The van der Waals surface area contributed by atoms with E-state index in [-0.39, 0.29) is 18.5 Å². The zero-order valence-corrected chi connectivity index (χ0v) is 13.0. The van der Waals surface area contributed by atoms with Gasteiger partial charge < -0.3 is 15.3 Å². The lowest BCUT2D eigenvalue weighted by Gasteiger charge is -2.35. The van der Waals surface area contributed by atoms with Gasteiger partial charge in [0.05, 0.1) is 17.2 Å². The number of nitrogens with zero attached hydrogens (tertiary/aromatic N) is 2. The van der Waals surface area contributed by atoms with Crippen molar-refractivity contribution in [3.63, 3.8) is 0 Å². The number of carbonyl (C=O) groups excluding carboxylic acids is 1. The highest BCUT2D eigenvalue weighted by molar-refractivity contribution is 7.09. The minimum Gasteiger partial charge on any atom is -0.481 e. The molecule has 6 nitrogen and oxygen atoms in total. The summed E-state index contributed by atoms with van der Waals surface area (Å²) in [5, 5.41) is 14.6. The Morgan fingerprint density at radius 1 is 1.52 bits per heavy atom. The number of amides is 2. The molecule has 2 rings (SSSR count). The molecule has 1 fully saturated rings. The topological polar surface area (TPSA) is 82.5 Å². The van der Waals surface area contributed by atoms with Crippen LogP contribution in [0.3, 0.4) is 0 Å². The van der Waals surface area contributed by atoms with E-state index in [1.54, 1.807) is 16.2 Å². The number of piperidine rings is 1. The smallest absolute Gasteiger partial charge is 0.317 e. The lowest BCUT2D eigenvalue weighted by Crippen LogP contribution is -2.48. The largest absolute Gasteiger partial charge is 0.481 e. The first-order chi connectivity index (χ1) is 10.1. The molecule has 1 atom stereocenters. The zero-order chi connectivity index (χ0) is 15.2. The summed E-state index contributed by atoms with van der Waals surface area (Å²) in [5.74, 6) is -0.807. The summed E-state index contributed by atoms with van der Waals surface area (Å²) >= 11 is 1.56. The van der Waals surface area contributed by atoms with Crippen molar-refractivity contribution in [2.45, 2.75) is 51.6 Å². The Balaban J connectivity index is 1.87. The van der Waals surface area contributed by atoms with Gasteiger partial charge in [0.15, 0.2) is 0 Å². The molecule has 1 unspecified atom stereocenters. The Morgan fingerprint density at radius 3 is 3.00 bits per heavy atom. The van der Waals surface area contributed by atoms with Gasteiger partial charge in [-0.3, -0.25) is 4.79 Å².